The van der Waals surface area contributed by atoms with Crippen molar-refractivity contribution in [3.63, 3.8) is 0 Å². The van der Waals surface area contributed by atoms with Crippen LogP contribution >= 0.6 is 0 Å². The van der Waals surface area contributed by atoms with E-state index in [9.17, 15) is 9.59 Å². The number of hydrogen-bond donors (Lipinski definition) is 2. The summed E-state index contributed by atoms with van der Waals surface area (Å²) in [7, 11) is 0. The second-order valence-corrected chi connectivity index (χ2v) is 4.68. The summed E-state index contributed by atoms with van der Waals surface area (Å²) in [4.78, 5) is 22.9. The van der Waals surface area contributed by atoms with Gasteiger partial charge < -0.3 is 15.4 Å². The highest BCUT2D eigenvalue weighted by Crippen LogP contribution is 1.97. The van der Waals surface area contributed by atoms with Crippen molar-refractivity contribution in [2.45, 2.75) is 13.8 Å². The molecule has 0 radical (unpaired) electrons. The third kappa shape index (κ3) is 6.33. The normalized spacial score (nSPS) is 10.3. The number of rotatable bonds is 8. The van der Waals surface area contributed by atoms with Gasteiger partial charge in [0.2, 0.25) is 5.91 Å². The first kappa shape index (κ1) is 16.2. The van der Waals surface area contributed by atoms with Crippen LogP contribution in [0.25, 0.3) is 0 Å². The number of ether oxygens (including phenoxy) is 1. The smallest absolute Gasteiger partial charge is 0.251 e. The lowest BCUT2D eigenvalue weighted by Gasteiger charge is -2.09. The zero-order chi connectivity index (χ0) is 14.8. The van der Waals surface area contributed by atoms with Gasteiger partial charge in [-0.2, -0.15) is 0 Å². The van der Waals surface area contributed by atoms with Crippen molar-refractivity contribution in [1.82, 2.24) is 10.6 Å². The minimum Gasteiger partial charge on any atom is -0.378 e. The molecule has 0 fully saturated rings. The fourth-order valence-corrected chi connectivity index (χ4v) is 1.48. The molecule has 5 heteroatoms. The van der Waals surface area contributed by atoms with Gasteiger partial charge in [0.15, 0.2) is 0 Å². The zero-order valence-corrected chi connectivity index (χ0v) is 12.0. The number of benzene rings is 1. The molecule has 0 saturated carbocycles. The van der Waals surface area contributed by atoms with E-state index in [-0.39, 0.29) is 17.7 Å². The molecule has 110 valence electrons. The summed E-state index contributed by atoms with van der Waals surface area (Å²) in [6.45, 7) is 5.50. The van der Waals surface area contributed by atoms with E-state index < -0.39 is 0 Å². The fourth-order valence-electron chi connectivity index (χ4n) is 1.48. The van der Waals surface area contributed by atoms with Crippen LogP contribution in [0.3, 0.4) is 0 Å². The lowest BCUT2D eigenvalue weighted by atomic mass is 10.2. The quantitative estimate of drug-likeness (QED) is 0.702. The third-order valence-corrected chi connectivity index (χ3v) is 2.64. The highest BCUT2D eigenvalue weighted by atomic mass is 16.5. The van der Waals surface area contributed by atoms with Crippen molar-refractivity contribution in [3.05, 3.63) is 35.9 Å². The minimum absolute atomic E-state index is 0.0137. The van der Waals surface area contributed by atoms with E-state index in [1.54, 1.807) is 12.1 Å². The predicted octanol–water partition coefficient (Wildman–Crippen LogP) is 1.21. The SMILES string of the molecule is CC(C)C(=O)NCCOCCNC(=O)c1ccccc1. The van der Waals surface area contributed by atoms with Crippen LogP contribution in [-0.4, -0.2) is 38.1 Å². The molecule has 0 unspecified atom stereocenters. The Morgan fingerprint density at radius 1 is 1.05 bits per heavy atom. The average molecular weight is 278 g/mol. The van der Waals surface area contributed by atoms with Crippen LogP contribution in [0.5, 0.6) is 0 Å². The van der Waals surface area contributed by atoms with Gasteiger partial charge in [-0.3, -0.25) is 9.59 Å². The van der Waals surface area contributed by atoms with Gasteiger partial charge in [-0.05, 0) is 12.1 Å². The van der Waals surface area contributed by atoms with Gasteiger partial charge in [0.1, 0.15) is 0 Å². The molecule has 0 saturated heterocycles. The van der Waals surface area contributed by atoms with Crippen LogP contribution in [0.15, 0.2) is 30.3 Å². The lowest BCUT2D eigenvalue weighted by Crippen LogP contribution is -2.32. The summed E-state index contributed by atoms with van der Waals surface area (Å²) < 4.78 is 5.32. The second kappa shape index (κ2) is 9.09. The Balaban J connectivity index is 2.03. The molecule has 20 heavy (non-hydrogen) atoms. The number of amides is 2. The summed E-state index contributed by atoms with van der Waals surface area (Å²) in [5.74, 6) is -0.103. The molecule has 0 aliphatic heterocycles. The molecule has 0 atom stereocenters. The van der Waals surface area contributed by atoms with Crippen LogP contribution in [-0.2, 0) is 9.53 Å². The van der Waals surface area contributed by atoms with Gasteiger partial charge >= 0.3 is 0 Å². The van der Waals surface area contributed by atoms with Crippen molar-refractivity contribution in [1.29, 1.82) is 0 Å². The van der Waals surface area contributed by atoms with Gasteiger partial charge in [0.25, 0.3) is 5.91 Å². The predicted molar refractivity (Wildman–Crippen MR) is 77.4 cm³/mol. The van der Waals surface area contributed by atoms with Gasteiger partial charge in [-0.25, -0.2) is 0 Å². The monoisotopic (exact) mass is 278 g/mol. The number of hydrogen-bond acceptors (Lipinski definition) is 3. The first-order valence-electron chi connectivity index (χ1n) is 6.80. The van der Waals surface area contributed by atoms with Crippen molar-refractivity contribution in [2.75, 3.05) is 26.3 Å². The minimum atomic E-state index is -0.109. The molecule has 2 amide bonds. The average Bonchev–Trinajstić information content (AvgIpc) is 2.46. The molecular weight excluding hydrogens is 256 g/mol. The van der Waals surface area contributed by atoms with Crippen LogP contribution in [0.1, 0.15) is 24.2 Å². The first-order chi connectivity index (χ1) is 9.61. The Labute approximate surface area is 119 Å². The molecule has 1 aromatic carbocycles. The highest BCUT2D eigenvalue weighted by Gasteiger charge is 2.05. The van der Waals surface area contributed by atoms with Crippen molar-refractivity contribution < 1.29 is 14.3 Å². The molecule has 0 heterocycles. The van der Waals surface area contributed by atoms with Gasteiger partial charge in [-0.1, -0.05) is 32.0 Å². The van der Waals surface area contributed by atoms with Crippen LogP contribution < -0.4 is 10.6 Å². The maximum Gasteiger partial charge on any atom is 0.251 e. The summed E-state index contributed by atoms with van der Waals surface area (Å²) in [5.41, 5.74) is 0.636. The molecule has 0 spiro atoms. The Hall–Kier alpha value is -1.88. The Morgan fingerprint density at radius 2 is 1.65 bits per heavy atom. The summed E-state index contributed by atoms with van der Waals surface area (Å²) in [6.07, 6.45) is 0. The molecule has 1 rings (SSSR count). The van der Waals surface area contributed by atoms with Crippen molar-refractivity contribution in [2.24, 2.45) is 5.92 Å². The molecule has 0 bridgehead atoms. The maximum atomic E-state index is 11.7. The highest BCUT2D eigenvalue weighted by molar-refractivity contribution is 5.94. The van der Waals surface area contributed by atoms with E-state index >= 15 is 0 Å². The molecule has 5 nitrogen and oxygen atoms in total. The summed E-state index contributed by atoms with van der Waals surface area (Å²) in [5, 5.41) is 5.52. The largest absolute Gasteiger partial charge is 0.378 e. The van der Waals surface area contributed by atoms with Crippen molar-refractivity contribution in [3.8, 4) is 0 Å². The number of nitrogens with one attached hydrogen (secondary N) is 2. The molecule has 0 aliphatic carbocycles. The van der Waals surface area contributed by atoms with Gasteiger partial charge in [-0.15, -0.1) is 0 Å². The maximum absolute atomic E-state index is 11.7. The van der Waals surface area contributed by atoms with Crippen LogP contribution in [0.4, 0.5) is 0 Å². The van der Waals surface area contributed by atoms with Crippen LogP contribution in [0, 0.1) is 5.92 Å². The van der Waals surface area contributed by atoms with E-state index in [0.29, 0.717) is 31.9 Å². The van der Waals surface area contributed by atoms with Crippen LogP contribution in [0.2, 0.25) is 0 Å². The molecule has 2 N–H and O–H groups in total. The summed E-state index contributed by atoms with van der Waals surface area (Å²) in [6, 6.07) is 9.03. The van der Waals surface area contributed by atoms with E-state index in [2.05, 4.69) is 10.6 Å². The molecular formula is C15H22N2O3. The fraction of sp³-hybridized carbons (Fsp3) is 0.467. The van der Waals surface area contributed by atoms with E-state index in [1.165, 1.54) is 0 Å². The third-order valence-electron chi connectivity index (χ3n) is 2.64. The Morgan fingerprint density at radius 3 is 2.25 bits per heavy atom. The Kier molecular flexibility index (Phi) is 7.35. The van der Waals surface area contributed by atoms with E-state index in [4.69, 9.17) is 4.74 Å². The number of carbonyl (C=O) groups is 2. The molecule has 0 aliphatic rings. The first-order valence-corrected chi connectivity index (χ1v) is 6.80. The standard InChI is InChI=1S/C15H22N2O3/c1-12(2)14(18)16-8-10-20-11-9-17-15(19)13-6-4-3-5-7-13/h3-7,12H,8-11H2,1-2H3,(H,16,18)(H,17,19). The molecule has 1 aromatic rings. The molecule has 0 aromatic heterocycles. The zero-order valence-electron chi connectivity index (χ0n) is 12.0. The van der Waals surface area contributed by atoms with Gasteiger partial charge in [0.05, 0.1) is 13.2 Å². The Bertz CT molecular complexity index is 418. The van der Waals surface area contributed by atoms with Gasteiger partial charge in [0, 0.05) is 24.6 Å². The van der Waals surface area contributed by atoms with Crippen molar-refractivity contribution >= 4 is 11.8 Å². The topological polar surface area (TPSA) is 67.4 Å². The van der Waals surface area contributed by atoms with E-state index in [0.717, 1.165) is 0 Å². The lowest BCUT2D eigenvalue weighted by molar-refractivity contribution is -0.124. The summed E-state index contributed by atoms with van der Waals surface area (Å²) >= 11 is 0. The number of carbonyl (C=O) groups excluding carboxylic acids is 2. The second-order valence-electron chi connectivity index (χ2n) is 4.68. The van der Waals surface area contributed by atoms with E-state index in [1.807, 2.05) is 32.0 Å².